The maximum atomic E-state index is 12.0. The van der Waals surface area contributed by atoms with Crippen molar-refractivity contribution in [3.8, 4) is 11.5 Å². The lowest BCUT2D eigenvalue weighted by Gasteiger charge is -2.13. The van der Waals surface area contributed by atoms with Crippen LogP contribution in [0.5, 0.6) is 11.5 Å². The van der Waals surface area contributed by atoms with E-state index < -0.39 is 17.9 Å². The highest BCUT2D eigenvalue weighted by Gasteiger charge is 2.19. The number of nitrogens with one attached hydrogen (secondary N) is 1. The molecule has 0 aromatic heterocycles. The van der Waals surface area contributed by atoms with Crippen LogP contribution in [0.3, 0.4) is 0 Å². The van der Waals surface area contributed by atoms with Crippen LogP contribution in [0.4, 0.5) is 0 Å². The van der Waals surface area contributed by atoms with Crippen LogP contribution in [-0.4, -0.2) is 37.2 Å². The molecule has 6 nitrogen and oxygen atoms in total. The second kappa shape index (κ2) is 9.27. The number of carboxylic acid groups (broad SMARTS) is 1. The lowest BCUT2D eigenvalue weighted by molar-refractivity contribution is -0.141. The van der Waals surface area contributed by atoms with E-state index in [2.05, 4.69) is 5.32 Å². The monoisotopic (exact) mass is 355 g/mol. The van der Waals surface area contributed by atoms with Crippen molar-refractivity contribution < 1.29 is 24.2 Å². The van der Waals surface area contributed by atoms with Gasteiger partial charge in [-0.3, -0.25) is 4.79 Å². The molecule has 6 heteroatoms. The predicted octanol–water partition coefficient (Wildman–Crippen LogP) is 2.53. The third-order valence-electron chi connectivity index (χ3n) is 3.76. The lowest BCUT2D eigenvalue weighted by Crippen LogP contribution is -2.41. The van der Waals surface area contributed by atoms with Gasteiger partial charge in [-0.25, -0.2) is 4.79 Å². The van der Waals surface area contributed by atoms with E-state index in [9.17, 15) is 14.7 Å². The molecule has 1 amide bonds. The molecule has 0 unspecified atom stereocenters. The fourth-order valence-corrected chi connectivity index (χ4v) is 2.30. The number of amides is 1. The number of methoxy groups -OCH3 is 2. The van der Waals surface area contributed by atoms with E-state index in [1.54, 1.807) is 68.8 Å². The van der Waals surface area contributed by atoms with Crippen molar-refractivity contribution in [2.75, 3.05) is 14.2 Å². The van der Waals surface area contributed by atoms with Crippen molar-refractivity contribution in [3.63, 3.8) is 0 Å². The van der Waals surface area contributed by atoms with E-state index in [0.717, 1.165) is 16.9 Å². The molecule has 0 saturated carbocycles. The first kappa shape index (κ1) is 19.1. The molecule has 0 aliphatic rings. The number of benzene rings is 2. The molecule has 2 aromatic rings. The number of ether oxygens (including phenoxy) is 2. The molecule has 0 aliphatic heterocycles. The highest BCUT2D eigenvalue weighted by Crippen LogP contribution is 2.14. The van der Waals surface area contributed by atoms with Gasteiger partial charge in [0.1, 0.15) is 17.5 Å². The van der Waals surface area contributed by atoms with Gasteiger partial charge in [0.2, 0.25) is 5.91 Å². The van der Waals surface area contributed by atoms with E-state index in [1.807, 2.05) is 0 Å². The van der Waals surface area contributed by atoms with Gasteiger partial charge in [-0.1, -0.05) is 24.3 Å². The Balaban J connectivity index is 1.97. The summed E-state index contributed by atoms with van der Waals surface area (Å²) in [4.78, 5) is 23.5. The normalized spacial score (nSPS) is 11.8. The van der Waals surface area contributed by atoms with E-state index in [4.69, 9.17) is 9.47 Å². The van der Waals surface area contributed by atoms with Gasteiger partial charge < -0.3 is 19.9 Å². The zero-order valence-corrected chi connectivity index (χ0v) is 14.6. The Bertz CT molecular complexity index is 766. The molecule has 0 saturated heterocycles. The fourth-order valence-electron chi connectivity index (χ4n) is 2.30. The van der Waals surface area contributed by atoms with Gasteiger partial charge in [0.05, 0.1) is 14.2 Å². The molecule has 0 fully saturated rings. The van der Waals surface area contributed by atoms with Gasteiger partial charge in [0, 0.05) is 12.5 Å². The van der Waals surface area contributed by atoms with Gasteiger partial charge in [-0.15, -0.1) is 0 Å². The van der Waals surface area contributed by atoms with E-state index >= 15 is 0 Å². The molecule has 0 bridgehead atoms. The molecule has 0 radical (unpaired) electrons. The Kier molecular flexibility index (Phi) is 6.79. The zero-order valence-electron chi connectivity index (χ0n) is 14.6. The molecule has 26 heavy (non-hydrogen) atoms. The number of carbonyl (C=O) groups is 2. The number of hydrogen-bond donors (Lipinski definition) is 2. The minimum atomic E-state index is -1.09. The molecule has 0 aliphatic carbocycles. The zero-order chi connectivity index (χ0) is 18.9. The summed E-state index contributed by atoms with van der Waals surface area (Å²) >= 11 is 0. The minimum Gasteiger partial charge on any atom is -0.497 e. The molecule has 2 rings (SSSR count). The molecule has 0 heterocycles. The summed E-state index contributed by atoms with van der Waals surface area (Å²) < 4.78 is 10.1. The average molecular weight is 355 g/mol. The lowest BCUT2D eigenvalue weighted by atomic mass is 10.1. The van der Waals surface area contributed by atoms with Crippen molar-refractivity contribution in [2.45, 2.75) is 12.5 Å². The molecule has 1 atom stereocenters. The summed E-state index contributed by atoms with van der Waals surface area (Å²) in [7, 11) is 3.14. The Morgan fingerprint density at radius 2 is 1.54 bits per heavy atom. The van der Waals surface area contributed by atoms with Gasteiger partial charge in [-0.2, -0.15) is 0 Å². The largest absolute Gasteiger partial charge is 0.497 e. The van der Waals surface area contributed by atoms with Crippen LogP contribution in [0.15, 0.2) is 54.6 Å². The first-order valence-corrected chi connectivity index (χ1v) is 8.00. The van der Waals surface area contributed by atoms with Crippen LogP contribution in [0.1, 0.15) is 11.1 Å². The Morgan fingerprint density at radius 1 is 1.00 bits per heavy atom. The first-order valence-electron chi connectivity index (χ1n) is 8.00. The van der Waals surface area contributed by atoms with Crippen LogP contribution in [0.25, 0.3) is 6.08 Å². The van der Waals surface area contributed by atoms with Crippen molar-refractivity contribution in [1.82, 2.24) is 5.32 Å². The predicted molar refractivity (Wildman–Crippen MR) is 98.3 cm³/mol. The van der Waals surface area contributed by atoms with Gasteiger partial charge in [0.25, 0.3) is 0 Å². The molecular weight excluding hydrogens is 334 g/mol. The van der Waals surface area contributed by atoms with Crippen molar-refractivity contribution >= 4 is 18.0 Å². The number of carboxylic acids is 1. The van der Waals surface area contributed by atoms with Gasteiger partial charge in [0.15, 0.2) is 0 Å². The Hall–Kier alpha value is -3.28. The van der Waals surface area contributed by atoms with Crippen LogP contribution in [0, 0.1) is 0 Å². The SMILES string of the molecule is COc1ccc(/C=C/C(=O)N[C@@H](Cc2ccc(OC)cc2)C(=O)O)cc1. The average Bonchev–Trinajstić information content (AvgIpc) is 2.66. The standard InChI is InChI=1S/C20H21NO5/c1-25-16-8-3-14(4-9-16)7-12-19(22)21-18(20(23)24)13-15-5-10-17(26-2)11-6-15/h3-12,18H,13H2,1-2H3,(H,21,22)(H,23,24)/b12-7+/t18-/m0/s1. The number of hydrogen-bond acceptors (Lipinski definition) is 4. The van der Waals surface area contributed by atoms with Crippen molar-refractivity contribution in [2.24, 2.45) is 0 Å². The highest BCUT2D eigenvalue weighted by molar-refractivity contribution is 5.94. The molecule has 0 spiro atoms. The van der Waals surface area contributed by atoms with Crippen LogP contribution < -0.4 is 14.8 Å². The minimum absolute atomic E-state index is 0.182. The van der Waals surface area contributed by atoms with Gasteiger partial charge in [-0.05, 0) is 41.5 Å². The summed E-state index contributed by atoms with van der Waals surface area (Å²) in [6, 6.07) is 13.2. The van der Waals surface area contributed by atoms with Crippen LogP contribution in [0.2, 0.25) is 0 Å². The second-order valence-corrected chi connectivity index (χ2v) is 5.56. The quantitative estimate of drug-likeness (QED) is 0.711. The Morgan fingerprint density at radius 3 is 2.04 bits per heavy atom. The van der Waals surface area contributed by atoms with Crippen LogP contribution >= 0.6 is 0 Å². The molecule has 136 valence electrons. The topological polar surface area (TPSA) is 84.9 Å². The summed E-state index contributed by atoms with van der Waals surface area (Å²) in [5.74, 6) is -0.155. The second-order valence-electron chi connectivity index (χ2n) is 5.56. The third-order valence-corrected chi connectivity index (χ3v) is 3.76. The van der Waals surface area contributed by atoms with Gasteiger partial charge >= 0.3 is 5.97 Å². The molecule has 2 N–H and O–H groups in total. The molecule has 2 aromatic carbocycles. The van der Waals surface area contributed by atoms with Crippen LogP contribution in [-0.2, 0) is 16.0 Å². The Labute approximate surface area is 152 Å². The molecular formula is C20H21NO5. The maximum absolute atomic E-state index is 12.0. The third kappa shape index (κ3) is 5.66. The maximum Gasteiger partial charge on any atom is 0.326 e. The summed E-state index contributed by atoms with van der Waals surface area (Å²) in [5, 5.41) is 11.9. The summed E-state index contributed by atoms with van der Waals surface area (Å²) in [6.07, 6.45) is 3.11. The number of rotatable bonds is 8. The van der Waals surface area contributed by atoms with Crippen molar-refractivity contribution in [1.29, 1.82) is 0 Å². The summed E-state index contributed by atoms with van der Waals surface area (Å²) in [5.41, 5.74) is 1.60. The summed E-state index contributed by atoms with van der Waals surface area (Å²) in [6.45, 7) is 0. The van der Waals surface area contributed by atoms with E-state index in [1.165, 1.54) is 6.08 Å². The van der Waals surface area contributed by atoms with E-state index in [-0.39, 0.29) is 6.42 Å². The fraction of sp³-hybridized carbons (Fsp3) is 0.200. The number of carbonyl (C=O) groups excluding carboxylic acids is 1. The smallest absolute Gasteiger partial charge is 0.326 e. The first-order chi connectivity index (χ1) is 12.5. The van der Waals surface area contributed by atoms with Crippen molar-refractivity contribution in [3.05, 3.63) is 65.7 Å². The van der Waals surface area contributed by atoms with E-state index in [0.29, 0.717) is 5.75 Å². The highest BCUT2D eigenvalue weighted by atomic mass is 16.5. The number of aliphatic carboxylic acids is 1.